The van der Waals surface area contributed by atoms with Crippen LogP contribution in [-0.2, 0) is 16.0 Å². The van der Waals surface area contributed by atoms with Crippen LogP contribution in [0.2, 0.25) is 0 Å². The molecule has 0 aromatic heterocycles. The number of benzene rings is 1. The van der Waals surface area contributed by atoms with Crippen molar-refractivity contribution >= 4 is 5.91 Å². The van der Waals surface area contributed by atoms with Crippen molar-refractivity contribution in [2.45, 2.75) is 37.7 Å². The lowest BCUT2D eigenvalue weighted by atomic mass is 10.00. The van der Waals surface area contributed by atoms with Crippen LogP contribution in [0.1, 0.15) is 31.2 Å². The maximum Gasteiger partial charge on any atom is 0.223 e. The molecule has 4 nitrogen and oxygen atoms in total. The second kappa shape index (κ2) is 6.24. The number of nitrogens with zero attached hydrogens (tertiary/aromatic N) is 1. The highest BCUT2D eigenvalue weighted by molar-refractivity contribution is 5.77. The predicted octanol–water partition coefficient (Wildman–Crippen LogP) is 2.55. The maximum atomic E-state index is 13.4. The molecule has 5 heteroatoms. The van der Waals surface area contributed by atoms with Crippen LogP contribution < -0.4 is 4.74 Å². The van der Waals surface area contributed by atoms with Gasteiger partial charge in [0.2, 0.25) is 5.91 Å². The number of methoxy groups -OCH3 is 1. The molecule has 2 heterocycles. The van der Waals surface area contributed by atoms with E-state index >= 15 is 0 Å². The Hall–Kier alpha value is -1.62. The monoisotopic (exact) mass is 307 g/mol. The fourth-order valence-electron chi connectivity index (χ4n) is 3.40. The highest BCUT2D eigenvalue weighted by Gasteiger charge is 2.42. The summed E-state index contributed by atoms with van der Waals surface area (Å²) in [6.45, 7) is 2.32. The highest BCUT2D eigenvalue weighted by Crippen LogP contribution is 2.35. The number of carbonyl (C=O) groups excluding carboxylic acids is 1. The van der Waals surface area contributed by atoms with Gasteiger partial charge in [0, 0.05) is 26.1 Å². The molecule has 2 aliphatic rings. The number of hydrogen-bond acceptors (Lipinski definition) is 3. The molecule has 22 heavy (non-hydrogen) atoms. The summed E-state index contributed by atoms with van der Waals surface area (Å²) < 4.78 is 24.2. The molecule has 0 saturated carbocycles. The van der Waals surface area contributed by atoms with E-state index < -0.39 is 0 Å². The minimum Gasteiger partial charge on any atom is -0.494 e. The molecular formula is C17H22FNO3. The molecular weight excluding hydrogens is 285 g/mol. The van der Waals surface area contributed by atoms with E-state index in [9.17, 15) is 9.18 Å². The first kappa shape index (κ1) is 15.3. The van der Waals surface area contributed by atoms with Gasteiger partial charge in [0.1, 0.15) is 0 Å². The zero-order chi connectivity index (χ0) is 15.6. The summed E-state index contributed by atoms with van der Waals surface area (Å²) >= 11 is 0. The van der Waals surface area contributed by atoms with E-state index in [1.807, 2.05) is 4.90 Å². The van der Waals surface area contributed by atoms with Crippen LogP contribution in [0, 0.1) is 5.82 Å². The van der Waals surface area contributed by atoms with Crippen LogP contribution in [0.5, 0.6) is 5.75 Å². The van der Waals surface area contributed by atoms with E-state index in [1.54, 1.807) is 12.1 Å². The summed E-state index contributed by atoms with van der Waals surface area (Å²) in [7, 11) is 1.44. The van der Waals surface area contributed by atoms with E-state index in [-0.39, 0.29) is 23.1 Å². The van der Waals surface area contributed by atoms with Crippen molar-refractivity contribution < 1.29 is 18.7 Å². The van der Waals surface area contributed by atoms with Gasteiger partial charge in [-0.2, -0.15) is 0 Å². The van der Waals surface area contributed by atoms with Gasteiger partial charge in [-0.25, -0.2) is 4.39 Å². The fraction of sp³-hybridized carbons (Fsp3) is 0.588. The number of hydrogen-bond donors (Lipinski definition) is 0. The Balaban J connectivity index is 1.54. The molecule has 1 unspecified atom stereocenters. The Kier molecular flexibility index (Phi) is 4.34. The van der Waals surface area contributed by atoms with Gasteiger partial charge in [-0.1, -0.05) is 6.07 Å². The lowest BCUT2D eigenvalue weighted by Gasteiger charge is -2.23. The molecule has 1 spiro atoms. The van der Waals surface area contributed by atoms with Gasteiger partial charge in [-0.05, 0) is 43.4 Å². The molecule has 0 aliphatic carbocycles. The predicted molar refractivity (Wildman–Crippen MR) is 80.4 cm³/mol. The number of rotatable bonds is 4. The normalized spacial score (nSPS) is 24.2. The van der Waals surface area contributed by atoms with Crippen molar-refractivity contribution in [2.75, 3.05) is 26.8 Å². The summed E-state index contributed by atoms with van der Waals surface area (Å²) in [5, 5.41) is 0. The summed E-state index contributed by atoms with van der Waals surface area (Å²) in [6.07, 6.45) is 4.14. The number of carbonyl (C=O) groups is 1. The van der Waals surface area contributed by atoms with Crippen LogP contribution in [0.25, 0.3) is 0 Å². The van der Waals surface area contributed by atoms with Gasteiger partial charge < -0.3 is 14.4 Å². The van der Waals surface area contributed by atoms with Gasteiger partial charge in [-0.3, -0.25) is 4.79 Å². The smallest absolute Gasteiger partial charge is 0.223 e. The van der Waals surface area contributed by atoms with E-state index in [0.29, 0.717) is 12.8 Å². The lowest BCUT2D eigenvalue weighted by molar-refractivity contribution is -0.131. The van der Waals surface area contributed by atoms with E-state index in [1.165, 1.54) is 13.2 Å². The van der Waals surface area contributed by atoms with E-state index in [4.69, 9.17) is 9.47 Å². The minimum absolute atomic E-state index is 0.0746. The molecule has 1 aromatic rings. The third-order valence-electron chi connectivity index (χ3n) is 4.70. The first-order chi connectivity index (χ1) is 10.6. The molecule has 0 bridgehead atoms. The molecule has 0 radical (unpaired) electrons. The summed E-state index contributed by atoms with van der Waals surface area (Å²) in [4.78, 5) is 14.3. The van der Waals surface area contributed by atoms with Crippen molar-refractivity contribution in [3.05, 3.63) is 29.6 Å². The standard InChI is InChI=1S/C17H22FNO3/c1-21-15-11-13(3-5-14(15)18)4-6-16(20)19-9-8-17(12-19)7-2-10-22-17/h3,5,11H,2,4,6-10,12H2,1H3. The largest absolute Gasteiger partial charge is 0.494 e. The van der Waals surface area contributed by atoms with Crippen molar-refractivity contribution in [3.8, 4) is 5.75 Å². The first-order valence-corrected chi connectivity index (χ1v) is 7.86. The molecule has 1 atom stereocenters. The maximum absolute atomic E-state index is 13.4. The second-order valence-corrected chi connectivity index (χ2v) is 6.17. The second-order valence-electron chi connectivity index (χ2n) is 6.17. The molecule has 2 fully saturated rings. The Morgan fingerprint density at radius 2 is 2.32 bits per heavy atom. The Bertz CT molecular complexity index is 555. The van der Waals surface area contributed by atoms with Gasteiger partial charge >= 0.3 is 0 Å². The van der Waals surface area contributed by atoms with Crippen LogP contribution in [0.15, 0.2) is 18.2 Å². The van der Waals surface area contributed by atoms with Crippen LogP contribution >= 0.6 is 0 Å². The summed E-state index contributed by atoms with van der Waals surface area (Å²) in [5.41, 5.74) is 0.840. The summed E-state index contributed by atoms with van der Waals surface area (Å²) in [6, 6.07) is 4.75. The van der Waals surface area contributed by atoms with Gasteiger partial charge in [0.05, 0.1) is 12.7 Å². The molecule has 1 amide bonds. The van der Waals surface area contributed by atoms with Crippen molar-refractivity contribution in [1.29, 1.82) is 0 Å². The third kappa shape index (κ3) is 3.09. The Morgan fingerprint density at radius 3 is 3.05 bits per heavy atom. The van der Waals surface area contributed by atoms with Crippen LogP contribution in [0.4, 0.5) is 4.39 Å². The molecule has 2 aliphatic heterocycles. The lowest BCUT2D eigenvalue weighted by Crippen LogP contribution is -2.35. The number of aryl methyl sites for hydroxylation is 1. The van der Waals surface area contributed by atoms with Gasteiger partial charge in [0.25, 0.3) is 0 Å². The minimum atomic E-state index is -0.377. The number of amides is 1. The Morgan fingerprint density at radius 1 is 1.45 bits per heavy atom. The average molecular weight is 307 g/mol. The quantitative estimate of drug-likeness (QED) is 0.858. The summed E-state index contributed by atoms with van der Waals surface area (Å²) in [5.74, 6) is -0.00228. The first-order valence-electron chi connectivity index (χ1n) is 7.86. The average Bonchev–Trinajstić information content (AvgIpc) is 3.17. The highest BCUT2D eigenvalue weighted by atomic mass is 19.1. The van der Waals surface area contributed by atoms with E-state index in [0.717, 1.165) is 44.5 Å². The topological polar surface area (TPSA) is 38.8 Å². The third-order valence-corrected chi connectivity index (χ3v) is 4.70. The fourth-order valence-corrected chi connectivity index (χ4v) is 3.40. The molecule has 2 saturated heterocycles. The number of halogens is 1. The molecule has 120 valence electrons. The SMILES string of the molecule is COc1cc(CCC(=O)N2CCC3(CCCO3)C2)ccc1F. The molecule has 1 aromatic carbocycles. The van der Waals surface area contributed by atoms with Crippen LogP contribution in [0.3, 0.4) is 0 Å². The molecule has 3 rings (SSSR count). The van der Waals surface area contributed by atoms with Crippen LogP contribution in [-0.4, -0.2) is 43.2 Å². The molecule has 0 N–H and O–H groups in total. The zero-order valence-electron chi connectivity index (χ0n) is 12.9. The number of ether oxygens (including phenoxy) is 2. The van der Waals surface area contributed by atoms with Crippen molar-refractivity contribution in [3.63, 3.8) is 0 Å². The van der Waals surface area contributed by atoms with E-state index in [2.05, 4.69) is 0 Å². The van der Waals surface area contributed by atoms with Crippen molar-refractivity contribution in [1.82, 2.24) is 4.90 Å². The zero-order valence-corrected chi connectivity index (χ0v) is 12.9. The number of likely N-dealkylation sites (tertiary alicyclic amines) is 1. The van der Waals surface area contributed by atoms with Crippen molar-refractivity contribution in [2.24, 2.45) is 0 Å². The Labute approximate surface area is 130 Å². The van der Waals surface area contributed by atoms with Gasteiger partial charge in [-0.15, -0.1) is 0 Å². The van der Waals surface area contributed by atoms with Gasteiger partial charge in [0.15, 0.2) is 11.6 Å².